The van der Waals surface area contributed by atoms with Crippen molar-refractivity contribution in [1.29, 1.82) is 0 Å². The van der Waals surface area contributed by atoms with E-state index in [-0.39, 0.29) is 5.78 Å². The Morgan fingerprint density at radius 3 is 2.10 bits per heavy atom. The first-order chi connectivity index (χ1) is 10.1. The van der Waals surface area contributed by atoms with Gasteiger partial charge in [0.1, 0.15) is 17.2 Å². The van der Waals surface area contributed by atoms with Crippen LogP contribution in [-0.4, -0.2) is 27.1 Å². The van der Waals surface area contributed by atoms with Crippen molar-refractivity contribution in [3.63, 3.8) is 0 Å². The number of hydrogen-bond acceptors (Lipinski definition) is 4. The van der Waals surface area contributed by atoms with Crippen LogP contribution in [-0.2, 0) is 0 Å². The molecule has 0 saturated heterocycles. The van der Waals surface area contributed by atoms with Crippen molar-refractivity contribution in [1.82, 2.24) is 0 Å². The standard InChI is InChI=1S/C16H15BrO4/c1-19-10-5-7-14(17)13(8-10)16(18)12-6-4-11(20-2)9-15(12)21-3/h4-9H,1-3H3. The lowest BCUT2D eigenvalue weighted by molar-refractivity contribution is 0.103. The molecule has 0 aromatic heterocycles. The monoisotopic (exact) mass is 350 g/mol. The Labute approximate surface area is 131 Å². The summed E-state index contributed by atoms with van der Waals surface area (Å²) >= 11 is 3.39. The zero-order valence-corrected chi connectivity index (χ0v) is 13.6. The van der Waals surface area contributed by atoms with E-state index in [2.05, 4.69) is 15.9 Å². The van der Waals surface area contributed by atoms with Gasteiger partial charge >= 0.3 is 0 Å². The van der Waals surface area contributed by atoms with Crippen molar-refractivity contribution in [2.45, 2.75) is 0 Å². The van der Waals surface area contributed by atoms with Crippen molar-refractivity contribution in [2.75, 3.05) is 21.3 Å². The zero-order valence-electron chi connectivity index (χ0n) is 12.0. The molecule has 0 fully saturated rings. The average molecular weight is 351 g/mol. The third-order valence-corrected chi connectivity index (χ3v) is 3.76. The number of hydrogen-bond donors (Lipinski definition) is 0. The number of methoxy groups -OCH3 is 3. The van der Waals surface area contributed by atoms with E-state index in [4.69, 9.17) is 14.2 Å². The Kier molecular flexibility index (Phi) is 4.85. The number of ketones is 1. The van der Waals surface area contributed by atoms with Gasteiger partial charge in [0.05, 0.1) is 26.9 Å². The second-order valence-electron chi connectivity index (χ2n) is 4.24. The van der Waals surface area contributed by atoms with Crippen LogP contribution in [0.25, 0.3) is 0 Å². The lowest BCUT2D eigenvalue weighted by Crippen LogP contribution is -2.05. The van der Waals surface area contributed by atoms with Gasteiger partial charge in [-0.1, -0.05) is 15.9 Å². The Bertz CT molecular complexity index is 667. The Morgan fingerprint density at radius 1 is 0.857 bits per heavy atom. The van der Waals surface area contributed by atoms with Gasteiger partial charge in [-0.15, -0.1) is 0 Å². The topological polar surface area (TPSA) is 44.8 Å². The van der Waals surface area contributed by atoms with Gasteiger partial charge < -0.3 is 14.2 Å². The molecular formula is C16H15BrO4. The second-order valence-corrected chi connectivity index (χ2v) is 5.10. The predicted octanol–water partition coefficient (Wildman–Crippen LogP) is 3.71. The minimum absolute atomic E-state index is 0.153. The van der Waals surface area contributed by atoms with E-state index in [1.54, 1.807) is 50.6 Å². The minimum atomic E-state index is -0.153. The van der Waals surface area contributed by atoms with Crippen molar-refractivity contribution < 1.29 is 19.0 Å². The maximum atomic E-state index is 12.7. The largest absolute Gasteiger partial charge is 0.497 e. The highest BCUT2D eigenvalue weighted by atomic mass is 79.9. The molecule has 21 heavy (non-hydrogen) atoms. The summed E-state index contributed by atoms with van der Waals surface area (Å²) in [5.74, 6) is 1.57. The van der Waals surface area contributed by atoms with Crippen LogP contribution in [0.15, 0.2) is 40.9 Å². The third-order valence-electron chi connectivity index (χ3n) is 3.07. The minimum Gasteiger partial charge on any atom is -0.497 e. The molecule has 0 aliphatic heterocycles. The number of carbonyl (C=O) groups is 1. The molecule has 0 radical (unpaired) electrons. The van der Waals surface area contributed by atoms with Crippen LogP contribution in [0.2, 0.25) is 0 Å². The van der Waals surface area contributed by atoms with E-state index in [0.29, 0.717) is 32.8 Å². The number of halogens is 1. The molecule has 2 aromatic carbocycles. The van der Waals surface area contributed by atoms with Crippen LogP contribution in [0.1, 0.15) is 15.9 Å². The van der Waals surface area contributed by atoms with Gasteiger partial charge in [0.15, 0.2) is 5.78 Å². The van der Waals surface area contributed by atoms with Gasteiger partial charge in [0, 0.05) is 16.1 Å². The van der Waals surface area contributed by atoms with Gasteiger partial charge in [-0.2, -0.15) is 0 Å². The summed E-state index contributed by atoms with van der Waals surface area (Å²) in [5, 5.41) is 0. The molecule has 4 nitrogen and oxygen atoms in total. The highest BCUT2D eigenvalue weighted by Gasteiger charge is 2.18. The molecule has 0 N–H and O–H groups in total. The van der Waals surface area contributed by atoms with Gasteiger partial charge in [0.2, 0.25) is 0 Å². The number of ether oxygens (including phenoxy) is 3. The van der Waals surface area contributed by atoms with Gasteiger partial charge in [0.25, 0.3) is 0 Å². The molecule has 0 aliphatic carbocycles. The van der Waals surface area contributed by atoms with Crippen molar-refractivity contribution in [3.05, 3.63) is 52.0 Å². The first-order valence-corrected chi connectivity index (χ1v) is 7.00. The van der Waals surface area contributed by atoms with Gasteiger partial charge in [-0.25, -0.2) is 0 Å². The smallest absolute Gasteiger partial charge is 0.198 e. The Morgan fingerprint density at radius 2 is 1.48 bits per heavy atom. The first kappa shape index (κ1) is 15.4. The third kappa shape index (κ3) is 3.19. The highest BCUT2D eigenvalue weighted by molar-refractivity contribution is 9.10. The number of rotatable bonds is 5. The summed E-state index contributed by atoms with van der Waals surface area (Å²) < 4.78 is 16.3. The zero-order chi connectivity index (χ0) is 15.4. The van der Waals surface area contributed by atoms with E-state index in [1.807, 2.05) is 0 Å². The summed E-state index contributed by atoms with van der Waals surface area (Å²) in [6.07, 6.45) is 0. The molecule has 0 atom stereocenters. The summed E-state index contributed by atoms with van der Waals surface area (Å²) in [7, 11) is 4.65. The fourth-order valence-corrected chi connectivity index (χ4v) is 2.36. The molecule has 0 spiro atoms. The van der Waals surface area contributed by atoms with Crippen LogP contribution in [0.5, 0.6) is 17.2 Å². The first-order valence-electron chi connectivity index (χ1n) is 6.21. The van der Waals surface area contributed by atoms with Gasteiger partial charge in [-0.05, 0) is 30.3 Å². The summed E-state index contributed by atoms with van der Waals surface area (Å²) in [6, 6.07) is 10.3. The van der Waals surface area contributed by atoms with Crippen LogP contribution in [0.3, 0.4) is 0 Å². The molecule has 0 unspecified atom stereocenters. The van der Waals surface area contributed by atoms with E-state index in [9.17, 15) is 4.79 Å². The molecule has 0 amide bonds. The molecule has 2 rings (SSSR count). The molecule has 110 valence electrons. The summed E-state index contributed by atoms with van der Waals surface area (Å²) in [6.45, 7) is 0. The maximum Gasteiger partial charge on any atom is 0.198 e. The van der Waals surface area contributed by atoms with Crippen molar-refractivity contribution in [3.8, 4) is 17.2 Å². The maximum absolute atomic E-state index is 12.7. The second kappa shape index (κ2) is 6.63. The fourth-order valence-electron chi connectivity index (χ4n) is 1.94. The van der Waals surface area contributed by atoms with Gasteiger partial charge in [-0.3, -0.25) is 4.79 Å². The lowest BCUT2D eigenvalue weighted by Gasteiger charge is -2.11. The lowest BCUT2D eigenvalue weighted by atomic mass is 10.0. The quantitative estimate of drug-likeness (QED) is 0.771. The van der Waals surface area contributed by atoms with Crippen LogP contribution in [0, 0.1) is 0 Å². The Balaban J connectivity index is 2.49. The van der Waals surface area contributed by atoms with Crippen molar-refractivity contribution in [2.24, 2.45) is 0 Å². The highest BCUT2D eigenvalue weighted by Crippen LogP contribution is 2.30. The molecule has 0 saturated carbocycles. The predicted molar refractivity (Wildman–Crippen MR) is 83.7 cm³/mol. The molecule has 2 aromatic rings. The number of carbonyl (C=O) groups excluding carboxylic acids is 1. The molecule has 0 bridgehead atoms. The Hall–Kier alpha value is -2.01. The molecule has 0 heterocycles. The summed E-state index contributed by atoms with van der Waals surface area (Å²) in [4.78, 5) is 12.7. The normalized spacial score (nSPS) is 10.1. The number of benzene rings is 2. The fraction of sp³-hybridized carbons (Fsp3) is 0.188. The SMILES string of the molecule is COc1ccc(C(=O)c2cc(OC)ccc2Br)c(OC)c1. The van der Waals surface area contributed by atoms with Crippen molar-refractivity contribution >= 4 is 21.7 Å². The molecule has 5 heteroatoms. The van der Waals surface area contributed by atoms with E-state index in [0.717, 1.165) is 0 Å². The van der Waals surface area contributed by atoms with E-state index < -0.39 is 0 Å². The van der Waals surface area contributed by atoms with Crippen LogP contribution in [0.4, 0.5) is 0 Å². The average Bonchev–Trinajstić information content (AvgIpc) is 2.54. The molecule has 0 aliphatic rings. The molecular weight excluding hydrogens is 336 g/mol. The van der Waals surface area contributed by atoms with E-state index in [1.165, 1.54) is 7.11 Å². The van der Waals surface area contributed by atoms with Crippen LogP contribution < -0.4 is 14.2 Å². The van der Waals surface area contributed by atoms with Crippen LogP contribution >= 0.6 is 15.9 Å². The summed E-state index contributed by atoms with van der Waals surface area (Å²) in [5.41, 5.74) is 0.977. The van der Waals surface area contributed by atoms with E-state index >= 15 is 0 Å².